The lowest BCUT2D eigenvalue weighted by Crippen LogP contribution is -2.14. The van der Waals surface area contributed by atoms with Crippen molar-refractivity contribution in [2.45, 2.75) is 6.92 Å². The summed E-state index contributed by atoms with van der Waals surface area (Å²) >= 11 is 0. The van der Waals surface area contributed by atoms with Crippen molar-refractivity contribution >= 4 is 17.3 Å². The molecule has 5 nitrogen and oxygen atoms in total. The summed E-state index contributed by atoms with van der Waals surface area (Å²) in [5, 5.41) is 3.00. The summed E-state index contributed by atoms with van der Waals surface area (Å²) < 4.78 is 5.41. The number of aryl methyl sites for hydroxylation is 1. The number of ether oxygens (including phenoxy) is 1. The standard InChI is InChI=1S/C14H18N4O/c1-10-6-5-7-11(8-10)18(3)14-12(19-4)13(15-2)16-9-17-14/h5-9H,1-4H3,(H,15,16,17). The molecule has 0 amide bonds. The van der Waals surface area contributed by atoms with Crippen LogP contribution >= 0.6 is 0 Å². The Balaban J connectivity index is 2.46. The maximum atomic E-state index is 5.41. The molecular formula is C14H18N4O. The van der Waals surface area contributed by atoms with Gasteiger partial charge in [0.05, 0.1) is 7.11 Å². The quantitative estimate of drug-likeness (QED) is 0.913. The Hall–Kier alpha value is -2.30. The van der Waals surface area contributed by atoms with Gasteiger partial charge in [-0.25, -0.2) is 9.97 Å². The summed E-state index contributed by atoms with van der Waals surface area (Å²) in [7, 11) is 5.38. The van der Waals surface area contributed by atoms with E-state index in [2.05, 4.69) is 34.3 Å². The van der Waals surface area contributed by atoms with Gasteiger partial charge in [-0.05, 0) is 24.6 Å². The molecule has 0 radical (unpaired) electrons. The van der Waals surface area contributed by atoms with E-state index in [1.807, 2.05) is 24.1 Å². The lowest BCUT2D eigenvalue weighted by molar-refractivity contribution is 0.414. The van der Waals surface area contributed by atoms with Crippen LogP contribution in [0.25, 0.3) is 0 Å². The fourth-order valence-corrected chi connectivity index (χ4v) is 1.93. The Kier molecular flexibility index (Phi) is 3.85. The number of anilines is 3. The SMILES string of the molecule is CNc1ncnc(N(C)c2cccc(C)c2)c1OC. The van der Waals surface area contributed by atoms with E-state index in [9.17, 15) is 0 Å². The second-order valence-corrected chi connectivity index (χ2v) is 4.23. The highest BCUT2D eigenvalue weighted by Crippen LogP contribution is 2.34. The molecule has 0 aliphatic rings. The molecule has 0 saturated heterocycles. The van der Waals surface area contributed by atoms with Gasteiger partial charge < -0.3 is 15.0 Å². The van der Waals surface area contributed by atoms with Crippen molar-refractivity contribution in [2.24, 2.45) is 0 Å². The smallest absolute Gasteiger partial charge is 0.204 e. The Labute approximate surface area is 113 Å². The predicted molar refractivity (Wildman–Crippen MR) is 77.4 cm³/mol. The van der Waals surface area contributed by atoms with Crippen molar-refractivity contribution < 1.29 is 4.74 Å². The monoisotopic (exact) mass is 258 g/mol. The molecule has 100 valence electrons. The van der Waals surface area contributed by atoms with Gasteiger partial charge >= 0.3 is 0 Å². The molecule has 0 spiro atoms. The van der Waals surface area contributed by atoms with Gasteiger partial charge in [0.2, 0.25) is 5.75 Å². The minimum absolute atomic E-state index is 0.633. The zero-order valence-electron chi connectivity index (χ0n) is 11.6. The molecule has 1 aromatic heterocycles. The third kappa shape index (κ3) is 2.59. The predicted octanol–water partition coefficient (Wildman–Crippen LogP) is 2.60. The van der Waals surface area contributed by atoms with Crippen LogP contribution in [0.2, 0.25) is 0 Å². The van der Waals surface area contributed by atoms with E-state index in [0.717, 1.165) is 11.5 Å². The molecule has 1 aromatic carbocycles. The average Bonchev–Trinajstić information content (AvgIpc) is 2.45. The van der Waals surface area contributed by atoms with E-state index in [4.69, 9.17) is 4.74 Å². The molecule has 0 fully saturated rings. The van der Waals surface area contributed by atoms with Crippen molar-refractivity contribution in [3.05, 3.63) is 36.2 Å². The molecule has 0 atom stereocenters. The number of nitrogens with one attached hydrogen (secondary N) is 1. The lowest BCUT2D eigenvalue weighted by Gasteiger charge is -2.21. The molecule has 5 heteroatoms. The van der Waals surface area contributed by atoms with Crippen LogP contribution in [0, 0.1) is 6.92 Å². The molecule has 0 aliphatic heterocycles. The number of benzene rings is 1. The van der Waals surface area contributed by atoms with Crippen molar-refractivity contribution in [3.8, 4) is 5.75 Å². The van der Waals surface area contributed by atoms with Crippen LogP contribution in [0.4, 0.5) is 17.3 Å². The van der Waals surface area contributed by atoms with Gasteiger partial charge in [-0.3, -0.25) is 0 Å². The molecule has 0 aliphatic carbocycles. The lowest BCUT2D eigenvalue weighted by atomic mass is 10.2. The fraction of sp³-hybridized carbons (Fsp3) is 0.286. The van der Waals surface area contributed by atoms with Crippen molar-refractivity contribution in [1.82, 2.24) is 9.97 Å². The van der Waals surface area contributed by atoms with E-state index in [1.165, 1.54) is 11.9 Å². The second-order valence-electron chi connectivity index (χ2n) is 4.23. The van der Waals surface area contributed by atoms with Crippen LogP contribution in [0.3, 0.4) is 0 Å². The number of aromatic nitrogens is 2. The number of hydrogen-bond acceptors (Lipinski definition) is 5. The van der Waals surface area contributed by atoms with Gasteiger partial charge in [0, 0.05) is 19.8 Å². The second kappa shape index (κ2) is 5.56. The molecular weight excluding hydrogens is 240 g/mol. The van der Waals surface area contributed by atoms with E-state index in [0.29, 0.717) is 11.6 Å². The van der Waals surface area contributed by atoms with Gasteiger partial charge in [0.25, 0.3) is 0 Å². The summed E-state index contributed by atoms with van der Waals surface area (Å²) in [4.78, 5) is 10.4. The Bertz CT molecular complexity index is 571. The molecule has 19 heavy (non-hydrogen) atoms. The largest absolute Gasteiger partial charge is 0.490 e. The molecule has 0 bridgehead atoms. The summed E-state index contributed by atoms with van der Waals surface area (Å²) in [6.07, 6.45) is 1.52. The molecule has 1 N–H and O–H groups in total. The Morgan fingerprint density at radius 1 is 1.26 bits per heavy atom. The summed E-state index contributed by atoms with van der Waals surface area (Å²) in [5.74, 6) is 2.04. The van der Waals surface area contributed by atoms with Gasteiger partial charge in [0.1, 0.15) is 6.33 Å². The zero-order chi connectivity index (χ0) is 13.8. The number of methoxy groups -OCH3 is 1. The highest BCUT2D eigenvalue weighted by atomic mass is 16.5. The number of hydrogen-bond donors (Lipinski definition) is 1. The normalized spacial score (nSPS) is 10.1. The molecule has 0 unspecified atom stereocenters. The summed E-state index contributed by atoms with van der Waals surface area (Å²) in [6.45, 7) is 2.06. The summed E-state index contributed by atoms with van der Waals surface area (Å²) in [5.41, 5.74) is 2.25. The Morgan fingerprint density at radius 2 is 2.05 bits per heavy atom. The van der Waals surface area contributed by atoms with Crippen LogP contribution in [0.5, 0.6) is 5.75 Å². The first-order valence-corrected chi connectivity index (χ1v) is 6.04. The molecule has 1 heterocycles. The summed E-state index contributed by atoms with van der Waals surface area (Å²) in [6, 6.07) is 8.22. The Morgan fingerprint density at radius 3 is 2.68 bits per heavy atom. The van der Waals surface area contributed by atoms with Crippen LogP contribution in [0.15, 0.2) is 30.6 Å². The van der Waals surface area contributed by atoms with Gasteiger partial charge in [-0.1, -0.05) is 12.1 Å². The third-order valence-corrected chi connectivity index (χ3v) is 2.93. The van der Waals surface area contributed by atoms with Crippen molar-refractivity contribution in [3.63, 3.8) is 0 Å². The van der Waals surface area contributed by atoms with Crippen LogP contribution < -0.4 is 15.0 Å². The van der Waals surface area contributed by atoms with E-state index in [1.54, 1.807) is 14.2 Å². The average molecular weight is 258 g/mol. The van der Waals surface area contributed by atoms with Gasteiger partial charge in [0.15, 0.2) is 11.6 Å². The van der Waals surface area contributed by atoms with Crippen molar-refractivity contribution in [1.29, 1.82) is 0 Å². The number of rotatable bonds is 4. The highest BCUT2D eigenvalue weighted by molar-refractivity contribution is 5.71. The van der Waals surface area contributed by atoms with Crippen LogP contribution in [0.1, 0.15) is 5.56 Å². The fourth-order valence-electron chi connectivity index (χ4n) is 1.93. The first-order valence-electron chi connectivity index (χ1n) is 6.04. The molecule has 2 rings (SSSR count). The van der Waals surface area contributed by atoms with Crippen LogP contribution in [-0.2, 0) is 0 Å². The topological polar surface area (TPSA) is 50.3 Å². The third-order valence-electron chi connectivity index (χ3n) is 2.93. The van der Waals surface area contributed by atoms with Gasteiger partial charge in [-0.15, -0.1) is 0 Å². The van der Waals surface area contributed by atoms with Crippen molar-refractivity contribution in [2.75, 3.05) is 31.4 Å². The maximum Gasteiger partial charge on any atom is 0.204 e. The van der Waals surface area contributed by atoms with E-state index < -0.39 is 0 Å². The maximum absolute atomic E-state index is 5.41. The zero-order valence-corrected chi connectivity index (χ0v) is 11.6. The van der Waals surface area contributed by atoms with E-state index in [-0.39, 0.29) is 0 Å². The first kappa shape index (κ1) is 13.1. The molecule has 0 saturated carbocycles. The molecule has 2 aromatic rings. The minimum atomic E-state index is 0.633. The van der Waals surface area contributed by atoms with Crippen LogP contribution in [-0.4, -0.2) is 31.2 Å². The van der Waals surface area contributed by atoms with Gasteiger partial charge in [-0.2, -0.15) is 0 Å². The first-order chi connectivity index (χ1) is 9.17. The highest BCUT2D eigenvalue weighted by Gasteiger charge is 2.16. The number of nitrogens with zero attached hydrogens (tertiary/aromatic N) is 3. The minimum Gasteiger partial charge on any atom is -0.490 e. The van der Waals surface area contributed by atoms with E-state index >= 15 is 0 Å².